The Hall–Kier alpha value is -1.30. The number of hydrogen-bond donors (Lipinski definition) is 2. The smallest absolute Gasteiger partial charge is 0.224 e. The number of carbonyl (C=O) groups excluding carboxylic acids is 1. The number of piperidine rings is 1. The first-order chi connectivity index (χ1) is 11.2. The van der Waals surface area contributed by atoms with Crippen molar-refractivity contribution in [1.82, 2.24) is 5.32 Å². The summed E-state index contributed by atoms with van der Waals surface area (Å²) in [7, 11) is 1.65. The molecule has 136 valence electrons. The van der Waals surface area contributed by atoms with Crippen molar-refractivity contribution >= 4 is 24.0 Å². The molecule has 2 N–H and O–H groups in total. The Kier molecular flexibility index (Phi) is 9.76. The van der Waals surface area contributed by atoms with Crippen LogP contribution < -0.4 is 15.4 Å². The van der Waals surface area contributed by atoms with Crippen LogP contribution in [0, 0.1) is 12.8 Å². The Labute approximate surface area is 150 Å². The van der Waals surface area contributed by atoms with Crippen molar-refractivity contribution in [3.63, 3.8) is 0 Å². The van der Waals surface area contributed by atoms with Crippen LogP contribution in [-0.4, -0.2) is 39.3 Å². The van der Waals surface area contributed by atoms with E-state index in [1.807, 2.05) is 25.1 Å². The zero-order valence-corrected chi connectivity index (χ0v) is 15.4. The molecule has 0 aliphatic carbocycles. The second-order valence-corrected chi connectivity index (χ2v) is 6.10. The quantitative estimate of drug-likeness (QED) is 0.702. The summed E-state index contributed by atoms with van der Waals surface area (Å²) in [5, 5.41) is 6.36. The maximum Gasteiger partial charge on any atom is 0.224 e. The van der Waals surface area contributed by atoms with Gasteiger partial charge in [-0.05, 0) is 69.0 Å². The van der Waals surface area contributed by atoms with E-state index in [1.165, 1.54) is 12.8 Å². The number of rotatable bonds is 8. The summed E-state index contributed by atoms with van der Waals surface area (Å²) in [5.41, 5.74) is 1.87. The number of halogens is 1. The van der Waals surface area contributed by atoms with E-state index in [9.17, 15) is 4.79 Å². The second kappa shape index (κ2) is 11.3. The summed E-state index contributed by atoms with van der Waals surface area (Å²) in [4.78, 5) is 12.1. The first-order valence-electron chi connectivity index (χ1n) is 8.42. The van der Waals surface area contributed by atoms with Gasteiger partial charge in [0.1, 0.15) is 12.4 Å². The van der Waals surface area contributed by atoms with Gasteiger partial charge in [-0.25, -0.2) is 0 Å². The van der Waals surface area contributed by atoms with Crippen LogP contribution in [0.5, 0.6) is 5.75 Å². The van der Waals surface area contributed by atoms with Crippen molar-refractivity contribution in [3.05, 3.63) is 23.8 Å². The standard InChI is InChI=1S/C18H28N2O3.ClH/c1-14-13-16(23-12-11-22-2)4-5-17(14)20-18(21)6-3-15-7-9-19-10-8-15;/h4-5,13,15,19H,3,6-12H2,1-2H3,(H,20,21);1H. The summed E-state index contributed by atoms with van der Waals surface area (Å²) < 4.78 is 10.5. The molecule has 0 radical (unpaired) electrons. The molecule has 0 atom stereocenters. The molecule has 1 saturated heterocycles. The van der Waals surface area contributed by atoms with Gasteiger partial charge in [-0.1, -0.05) is 0 Å². The normalized spacial score (nSPS) is 14.8. The molecule has 2 rings (SSSR count). The summed E-state index contributed by atoms with van der Waals surface area (Å²) >= 11 is 0. The van der Waals surface area contributed by atoms with Gasteiger partial charge in [0, 0.05) is 19.2 Å². The minimum atomic E-state index is 0. The molecule has 24 heavy (non-hydrogen) atoms. The Balaban J connectivity index is 0.00000288. The predicted molar refractivity (Wildman–Crippen MR) is 99.3 cm³/mol. The van der Waals surface area contributed by atoms with Crippen LogP contribution in [0.15, 0.2) is 18.2 Å². The topological polar surface area (TPSA) is 59.6 Å². The number of ether oxygens (including phenoxy) is 2. The molecule has 0 saturated carbocycles. The van der Waals surface area contributed by atoms with Crippen LogP contribution in [0.1, 0.15) is 31.2 Å². The van der Waals surface area contributed by atoms with Crippen LogP contribution in [0.3, 0.4) is 0 Å². The van der Waals surface area contributed by atoms with Crippen molar-refractivity contribution in [2.45, 2.75) is 32.6 Å². The van der Waals surface area contributed by atoms with Crippen molar-refractivity contribution < 1.29 is 14.3 Å². The van der Waals surface area contributed by atoms with E-state index in [0.29, 0.717) is 25.6 Å². The number of aryl methyl sites for hydroxylation is 1. The van der Waals surface area contributed by atoms with Gasteiger partial charge in [0.25, 0.3) is 0 Å². The fraction of sp³-hybridized carbons (Fsp3) is 0.611. The van der Waals surface area contributed by atoms with Crippen LogP contribution in [0.4, 0.5) is 5.69 Å². The minimum Gasteiger partial charge on any atom is -0.491 e. The molecular formula is C18H29ClN2O3. The van der Waals surface area contributed by atoms with Crippen molar-refractivity contribution in [3.8, 4) is 5.75 Å². The van der Waals surface area contributed by atoms with Gasteiger partial charge in [0.15, 0.2) is 0 Å². The van der Waals surface area contributed by atoms with Crippen LogP contribution in [0.2, 0.25) is 0 Å². The number of benzene rings is 1. The summed E-state index contributed by atoms with van der Waals surface area (Å²) in [5.74, 6) is 1.58. The van der Waals surface area contributed by atoms with Gasteiger partial charge >= 0.3 is 0 Å². The molecule has 0 unspecified atom stereocenters. The molecule has 6 heteroatoms. The summed E-state index contributed by atoms with van der Waals surface area (Å²) in [6.45, 7) is 5.23. The highest BCUT2D eigenvalue weighted by molar-refractivity contribution is 5.91. The predicted octanol–water partition coefficient (Wildman–Crippen LogP) is 3.16. The number of carbonyl (C=O) groups is 1. The molecule has 1 aliphatic heterocycles. The lowest BCUT2D eigenvalue weighted by Gasteiger charge is -2.22. The maximum absolute atomic E-state index is 12.1. The Morgan fingerprint density at radius 3 is 2.71 bits per heavy atom. The molecule has 1 amide bonds. The number of amides is 1. The van der Waals surface area contributed by atoms with Crippen molar-refractivity contribution in [2.75, 3.05) is 38.7 Å². The molecule has 1 aromatic carbocycles. The van der Waals surface area contributed by atoms with E-state index in [-0.39, 0.29) is 18.3 Å². The van der Waals surface area contributed by atoms with E-state index in [2.05, 4.69) is 10.6 Å². The van der Waals surface area contributed by atoms with Gasteiger partial charge in [0.05, 0.1) is 6.61 Å². The Morgan fingerprint density at radius 1 is 1.29 bits per heavy atom. The number of anilines is 1. The largest absolute Gasteiger partial charge is 0.491 e. The molecule has 0 bridgehead atoms. The molecule has 5 nitrogen and oxygen atoms in total. The monoisotopic (exact) mass is 356 g/mol. The molecule has 1 heterocycles. The highest BCUT2D eigenvalue weighted by atomic mass is 35.5. The number of nitrogens with one attached hydrogen (secondary N) is 2. The van der Waals surface area contributed by atoms with Gasteiger partial charge in [-0.3, -0.25) is 4.79 Å². The van der Waals surface area contributed by atoms with E-state index in [1.54, 1.807) is 7.11 Å². The molecule has 1 fully saturated rings. The van der Waals surface area contributed by atoms with E-state index in [4.69, 9.17) is 9.47 Å². The molecular weight excluding hydrogens is 328 g/mol. The highest BCUT2D eigenvalue weighted by Gasteiger charge is 2.15. The van der Waals surface area contributed by atoms with Crippen LogP contribution in [-0.2, 0) is 9.53 Å². The minimum absolute atomic E-state index is 0. The summed E-state index contributed by atoms with van der Waals surface area (Å²) in [6, 6.07) is 5.73. The van der Waals surface area contributed by atoms with Gasteiger partial charge < -0.3 is 20.1 Å². The molecule has 1 aromatic rings. The first-order valence-corrected chi connectivity index (χ1v) is 8.42. The van der Waals surface area contributed by atoms with Crippen molar-refractivity contribution in [1.29, 1.82) is 0 Å². The third kappa shape index (κ3) is 7.07. The fourth-order valence-electron chi connectivity index (χ4n) is 2.83. The second-order valence-electron chi connectivity index (χ2n) is 6.10. The maximum atomic E-state index is 12.1. The zero-order chi connectivity index (χ0) is 16.5. The highest BCUT2D eigenvalue weighted by Crippen LogP contribution is 2.22. The SMILES string of the molecule is COCCOc1ccc(NC(=O)CCC2CCNCC2)c(C)c1.Cl. The lowest BCUT2D eigenvalue weighted by molar-refractivity contribution is -0.116. The Bertz CT molecular complexity index is 505. The summed E-state index contributed by atoms with van der Waals surface area (Å²) in [6.07, 6.45) is 3.93. The Morgan fingerprint density at radius 2 is 2.04 bits per heavy atom. The zero-order valence-electron chi connectivity index (χ0n) is 14.6. The van der Waals surface area contributed by atoms with Gasteiger partial charge in [-0.2, -0.15) is 0 Å². The average Bonchev–Trinajstić information content (AvgIpc) is 2.57. The van der Waals surface area contributed by atoms with Crippen LogP contribution >= 0.6 is 12.4 Å². The fourth-order valence-corrected chi connectivity index (χ4v) is 2.83. The van der Waals surface area contributed by atoms with Gasteiger partial charge in [0.2, 0.25) is 5.91 Å². The van der Waals surface area contributed by atoms with E-state index >= 15 is 0 Å². The molecule has 0 spiro atoms. The van der Waals surface area contributed by atoms with E-state index < -0.39 is 0 Å². The third-order valence-electron chi connectivity index (χ3n) is 4.27. The average molecular weight is 357 g/mol. The van der Waals surface area contributed by atoms with E-state index in [0.717, 1.165) is 36.5 Å². The third-order valence-corrected chi connectivity index (χ3v) is 4.27. The number of hydrogen-bond acceptors (Lipinski definition) is 4. The van der Waals surface area contributed by atoms with Crippen LogP contribution in [0.25, 0.3) is 0 Å². The lowest BCUT2D eigenvalue weighted by Crippen LogP contribution is -2.28. The molecule has 1 aliphatic rings. The molecule has 0 aromatic heterocycles. The first kappa shape index (κ1) is 20.7. The van der Waals surface area contributed by atoms with Gasteiger partial charge in [-0.15, -0.1) is 12.4 Å². The van der Waals surface area contributed by atoms with Crippen molar-refractivity contribution in [2.24, 2.45) is 5.92 Å². The lowest BCUT2D eigenvalue weighted by atomic mass is 9.93. The number of methoxy groups -OCH3 is 1.